The summed E-state index contributed by atoms with van der Waals surface area (Å²) in [6.45, 7) is 7.82. The van der Waals surface area contributed by atoms with Gasteiger partial charge in [0.2, 0.25) is 0 Å². The Morgan fingerprint density at radius 2 is 1.50 bits per heavy atom. The molecule has 0 fully saturated rings. The summed E-state index contributed by atoms with van der Waals surface area (Å²) in [6, 6.07) is 1.75. The third-order valence-electron chi connectivity index (χ3n) is 0.500. The largest absolute Gasteiger partial charge is 0.400 e. The van der Waals surface area contributed by atoms with Crippen LogP contribution >= 0.6 is 0 Å². The maximum atomic E-state index is 7.32. The van der Waals surface area contributed by atoms with Crippen molar-refractivity contribution in [1.82, 2.24) is 5.32 Å². The van der Waals surface area contributed by atoms with E-state index in [0.717, 1.165) is 20.2 Å². The van der Waals surface area contributed by atoms with E-state index in [1.165, 1.54) is 6.92 Å². The molecule has 0 aliphatic rings. The van der Waals surface area contributed by atoms with Gasteiger partial charge in [0.15, 0.2) is 0 Å². The molecule has 0 aromatic carbocycles. The van der Waals surface area contributed by atoms with E-state index in [0.29, 0.717) is 0 Å². The van der Waals surface area contributed by atoms with Crippen LogP contribution in [0.1, 0.15) is 20.8 Å². The van der Waals surface area contributed by atoms with Gasteiger partial charge in [-0.05, 0) is 13.1 Å². The first-order valence-electron chi connectivity index (χ1n) is 3.29. The molecule has 0 aromatic heterocycles. The van der Waals surface area contributed by atoms with Crippen LogP contribution < -0.4 is 5.32 Å². The maximum absolute atomic E-state index is 7.32. The van der Waals surface area contributed by atoms with Crippen molar-refractivity contribution in [3.63, 3.8) is 0 Å². The molecule has 0 rings (SSSR count). The summed E-state index contributed by atoms with van der Waals surface area (Å²) >= 11 is 0. The number of hydrogen-bond acceptors (Lipinski definition) is 3. The number of nitrogens with one attached hydrogen (secondary N) is 1. The molecule has 0 aromatic rings. The normalized spacial score (nSPS) is 5.60. The van der Waals surface area contributed by atoms with Crippen LogP contribution in [0.4, 0.5) is 0 Å². The average Bonchev–Trinajstić information content (AvgIpc) is 1.96. The van der Waals surface area contributed by atoms with Gasteiger partial charge in [0.25, 0.3) is 0 Å². The third kappa shape index (κ3) is 153. The highest BCUT2D eigenvalue weighted by molar-refractivity contribution is 4.51. The predicted molar refractivity (Wildman–Crippen MR) is 43.6 cm³/mol. The Bertz CT molecular complexity index is 57.1. The van der Waals surface area contributed by atoms with Crippen LogP contribution in [-0.4, -0.2) is 25.3 Å². The minimum Gasteiger partial charge on any atom is -0.400 e. The van der Waals surface area contributed by atoms with Crippen molar-refractivity contribution in [3.05, 3.63) is 0 Å². The second-order valence-electron chi connectivity index (χ2n) is 1.18. The molecule has 0 bridgehead atoms. The number of hydrogen-bond donors (Lipinski definition) is 2. The number of nitrogens with zero attached hydrogens (tertiary/aromatic N) is 1. The highest BCUT2D eigenvalue weighted by atomic mass is 16.2. The first-order chi connectivity index (χ1) is 4.83. The lowest BCUT2D eigenvalue weighted by molar-refractivity contribution is 0.399. The number of aliphatic hydroxyl groups is 1. The van der Waals surface area contributed by atoms with E-state index in [1.54, 1.807) is 6.07 Å². The fraction of sp³-hybridized carbons (Fsp3) is 0.857. The topological polar surface area (TPSA) is 56.0 Å². The summed E-state index contributed by atoms with van der Waals surface area (Å²) in [6.07, 6.45) is 0. The predicted octanol–water partition coefficient (Wildman–Crippen LogP) is 0.754. The first-order valence-corrected chi connectivity index (χ1v) is 3.29. The van der Waals surface area contributed by atoms with Crippen LogP contribution in [0, 0.1) is 11.3 Å². The molecule has 62 valence electrons. The molecule has 0 atom stereocenters. The van der Waals surface area contributed by atoms with Crippen LogP contribution in [0.25, 0.3) is 0 Å². The van der Waals surface area contributed by atoms with Gasteiger partial charge in [-0.15, -0.1) is 0 Å². The van der Waals surface area contributed by atoms with Crippen molar-refractivity contribution in [2.45, 2.75) is 20.8 Å². The van der Waals surface area contributed by atoms with Gasteiger partial charge < -0.3 is 10.4 Å². The molecule has 2 N–H and O–H groups in total. The summed E-state index contributed by atoms with van der Waals surface area (Å²) < 4.78 is 0. The summed E-state index contributed by atoms with van der Waals surface area (Å²) in [5.41, 5.74) is 0. The molecule has 0 amide bonds. The third-order valence-corrected chi connectivity index (χ3v) is 0.500. The molecular weight excluding hydrogens is 128 g/mol. The van der Waals surface area contributed by atoms with Gasteiger partial charge >= 0.3 is 0 Å². The molecule has 0 unspecified atom stereocenters. The van der Waals surface area contributed by atoms with Crippen molar-refractivity contribution in [3.8, 4) is 6.07 Å². The minimum atomic E-state index is 1.00. The standard InChI is InChI=1S/C4H11N.C2H3N.CH4O/c1-3-5-4-2;1-2-3;1-2/h5H,3-4H2,1-2H3;1H3;2H,1H3. The summed E-state index contributed by atoms with van der Waals surface area (Å²) in [7, 11) is 1.00. The molecule has 0 aliphatic carbocycles. The number of nitriles is 1. The Hall–Kier alpha value is -0.590. The monoisotopic (exact) mass is 146 g/mol. The Labute approximate surface area is 63.7 Å². The van der Waals surface area contributed by atoms with Gasteiger partial charge in [0.05, 0.1) is 6.07 Å². The van der Waals surface area contributed by atoms with Gasteiger partial charge in [-0.2, -0.15) is 5.26 Å². The highest BCUT2D eigenvalue weighted by Crippen LogP contribution is 1.47. The van der Waals surface area contributed by atoms with Crippen molar-refractivity contribution >= 4 is 0 Å². The zero-order valence-electron chi connectivity index (χ0n) is 7.31. The molecule has 0 aliphatic heterocycles. The van der Waals surface area contributed by atoms with E-state index in [4.69, 9.17) is 10.4 Å². The molecule has 3 nitrogen and oxygen atoms in total. The van der Waals surface area contributed by atoms with Gasteiger partial charge in [0, 0.05) is 14.0 Å². The van der Waals surface area contributed by atoms with E-state index in [-0.39, 0.29) is 0 Å². The van der Waals surface area contributed by atoms with E-state index in [9.17, 15) is 0 Å². The minimum absolute atomic E-state index is 1.00. The second-order valence-corrected chi connectivity index (χ2v) is 1.18. The van der Waals surface area contributed by atoms with Crippen molar-refractivity contribution in [1.29, 1.82) is 5.26 Å². The fourth-order valence-electron chi connectivity index (χ4n) is 0.250. The zero-order valence-corrected chi connectivity index (χ0v) is 7.31. The van der Waals surface area contributed by atoms with Crippen LogP contribution in [0.3, 0.4) is 0 Å². The lowest BCUT2D eigenvalue weighted by Crippen LogP contribution is -2.09. The molecule has 0 heterocycles. The molecule has 0 spiro atoms. The Balaban J connectivity index is -0.0000000847. The van der Waals surface area contributed by atoms with E-state index in [1.807, 2.05) is 0 Å². The number of rotatable bonds is 2. The lowest BCUT2D eigenvalue weighted by Gasteiger charge is -1.86. The smallest absolute Gasteiger partial charge is 0.0587 e. The van der Waals surface area contributed by atoms with Crippen molar-refractivity contribution < 1.29 is 5.11 Å². The van der Waals surface area contributed by atoms with E-state index in [2.05, 4.69) is 19.2 Å². The van der Waals surface area contributed by atoms with Crippen LogP contribution in [0.2, 0.25) is 0 Å². The molecule has 3 heteroatoms. The molecule has 10 heavy (non-hydrogen) atoms. The SMILES string of the molecule is CC#N.CCNCC.CO. The van der Waals surface area contributed by atoms with Gasteiger partial charge in [-0.25, -0.2) is 0 Å². The molecule has 0 saturated carbocycles. The van der Waals surface area contributed by atoms with Crippen LogP contribution in [-0.2, 0) is 0 Å². The van der Waals surface area contributed by atoms with Crippen LogP contribution in [0.5, 0.6) is 0 Å². The van der Waals surface area contributed by atoms with Gasteiger partial charge in [0.1, 0.15) is 0 Å². The summed E-state index contributed by atoms with van der Waals surface area (Å²) in [5.74, 6) is 0. The van der Waals surface area contributed by atoms with Gasteiger partial charge in [-0.1, -0.05) is 13.8 Å². The Morgan fingerprint density at radius 1 is 1.30 bits per heavy atom. The lowest BCUT2D eigenvalue weighted by atomic mass is 10.7. The van der Waals surface area contributed by atoms with Crippen molar-refractivity contribution in [2.24, 2.45) is 0 Å². The molecule has 0 radical (unpaired) electrons. The fourth-order valence-corrected chi connectivity index (χ4v) is 0.250. The van der Waals surface area contributed by atoms with E-state index < -0.39 is 0 Å². The zero-order chi connectivity index (χ0) is 8.83. The second kappa shape index (κ2) is 39.7. The quantitative estimate of drug-likeness (QED) is 0.604. The van der Waals surface area contributed by atoms with E-state index >= 15 is 0 Å². The summed E-state index contributed by atoms with van der Waals surface area (Å²) in [4.78, 5) is 0. The Morgan fingerprint density at radius 3 is 1.50 bits per heavy atom. The Kier molecular flexibility index (Phi) is 64.3. The van der Waals surface area contributed by atoms with Crippen LogP contribution in [0.15, 0.2) is 0 Å². The summed E-state index contributed by atoms with van der Waals surface area (Å²) in [5, 5.41) is 17.4. The molecule has 0 saturated heterocycles. The average molecular weight is 146 g/mol. The number of aliphatic hydroxyl groups excluding tert-OH is 1. The van der Waals surface area contributed by atoms with Gasteiger partial charge in [-0.3, -0.25) is 0 Å². The van der Waals surface area contributed by atoms with Crippen molar-refractivity contribution in [2.75, 3.05) is 20.2 Å². The highest BCUT2D eigenvalue weighted by Gasteiger charge is 1.62. The first kappa shape index (κ1) is 16.2. The maximum Gasteiger partial charge on any atom is 0.0587 e. The molecular formula is C7H18N2O.